The summed E-state index contributed by atoms with van der Waals surface area (Å²) < 4.78 is 9.88. The van der Waals surface area contributed by atoms with E-state index in [0.717, 1.165) is 0 Å². The molecule has 0 atom stereocenters. The molecule has 0 spiro atoms. The van der Waals surface area contributed by atoms with Crippen LogP contribution in [0.3, 0.4) is 0 Å². The van der Waals surface area contributed by atoms with Gasteiger partial charge in [-0.2, -0.15) is 0 Å². The third-order valence-corrected chi connectivity index (χ3v) is 2.85. The molecule has 65 valence electrons. The molecule has 0 N–H and O–H groups in total. The van der Waals surface area contributed by atoms with Crippen molar-refractivity contribution in [1.29, 1.82) is 0 Å². The molecule has 11 heavy (non-hydrogen) atoms. The fraction of sp³-hybridized carbons (Fsp3) is 1.00. The maximum atomic E-state index is 9.89. The van der Waals surface area contributed by atoms with Gasteiger partial charge in [0.2, 0.25) is 6.54 Å². The van der Waals surface area contributed by atoms with Crippen molar-refractivity contribution < 1.29 is 13.8 Å². The Hall–Kier alpha value is -0.463. The molecular formula is C5H12NO4Si. The van der Waals surface area contributed by atoms with Crippen molar-refractivity contribution in [2.45, 2.75) is 12.5 Å². The summed E-state index contributed by atoms with van der Waals surface area (Å²) in [6.45, 7) is 0.000880. The minimum absolute atomic E-state index is 0.000880. The summed E-state index contributed by atoms with van der Waals surface area (Å²) in [5.41, 5.74) is 0. The summed E-state index contributed by atoms with van der Waals surface area (Å²) in [6.07, 6.45) is 0.531. The number of nitro groups is 1. The highest BCUT2D eigenvalue weighted by Gasteiger charge is 2.12. The van der Waals surface area contributed by atoms with Crippen LogP contribution in [0, 0.1) is 10.1 Å². The van der Waals surface area contributed by atoms with E-state index in [1.54, 1.807) is 14.2 Å². The van der Waals surface area contributed by atoms with Gasteiger partial charge in [-0.25, -0.2) is 0 Å². The average Bonchev–Trinajstić information content (AvgIpc) is 1.98. The van der Waals surface area contributed by atoms with Gasteiger partial charge in [-0.3, -0.25) is 10.1 Å². The van der Waals surface area contributed by atoms with Crippen LogP contribution in [0.1, 0.15) is 6.42 Å². The Morgan fingerprint density at radius 3 is 2.36 bits per heavy atom. The predicted molar refractivity (Wildman–Crippen MR) is 41.1 cm³/mol. The van der Waals surface area contributed by atoms with Gasteiger partial charge in [-0.15, -0.1) is 0 Å². The molecule has 0 aromatic heterocycles. The van der Waals surface area contributed by atoms with Crippen molar-refractivity contribution in [1.82, 2.24) is 0 Å². The molecule has 6 heteroatoms. The van der Waals surface area contributed by atoms with Crippen LogP contribution in [0.25, 0.3) is 0 Å². The second kappa shape index (κ2) is 6.26. The summed E-state index contributed by atoms with van der Waals surface area (Å²) >= 11 is 0. The predicted octanol–water partition coefficient (Wildman–Crippen LogP) is 0.434. The number of hydrogen-bond acceptors (Lipinski definition) is 4. The monoisotopic (exact) mass is 178 g/mol. The Kier molecular flexibility index (Phi) is 6.00. The molecular weight excluding hydrogens is 166 g/mol. The first-order chi connectivity index (χ1) is 5.20. The van der Waals surface area contributed by atoms with Gasteiger partial charge in [0.1, 0.15) is 0 Å². The van der Waals surface area contributed by atoms with Crippen molar-refractivity contribution in [3.63, 3.8) is 0 Å². The molecule has 0 saturated carbocycles. The summed E-state index contributed by atoms with van der Waals surface area (Å²) in [5, 5.41) is 9.89. The second-order valence-corrected chi connectivity index (χ2v) is 4.00. The van der Waals surface area contributed by atoms with Crippen LogP contribution in [-0.4, -0.2) is 35.0 Å². The third-order valence-electron chi connectivity index (χ3n) is 1.18. The Morgan fingerprint density at radius 2 is 2.00 bits per heavy atom. The first-order valence-corrected chi connectivity index (χ1v) is 4.78. The molecule has 1 radical (unpaired) electrons. The van der Waals surface area contributed by atoms with E-state index in [4.69, 9.17) is 8.85 Å². The minimum atomic E-state index is -1.22. The summed E-state index contributed by atoms with van der Waals surface area (Å²) in [7, 11) is 1.90. The zero-order valence-electron chi connectivity index (χ0n) is 6.70. The largest absolute Gasteiger partial charge is 0.397 e. The van der Waals surface area contributed by atoms with E-state index >= 15 is 0 Å². The highest BCUT2D eigenvalue weighted by Crippen LogP contribution is 1.98. The quantitative estimate of drug-likeness (QED) is 0.336. The number of rotatable bonds is 6. The molecule has 0 rings (SSSR count). The van der Waals surface area contributed by atoms with Gasteiger partial charge < -0.3 is 8.85 Å². The van der Waals surface area contributed by atoms with Crippen LogP contribution in [-0.2, 0) is 8.85 Å². The smallest absolute Gasteiger partial charge is 0.384 e. The van der Waals surface area contributed by atoms with Crippen LogP contribution in [0.5, 0.6) is 0 Å². The lowest BCUT2D eigenvalue weighted by Crippen LogP contribution is -2.19. The lowest BCUT2D eigenvalue weighted by molar-refractivity contribution is -0.479. The zero-order valence-corrected chi connectivity index (χ0v) is 7.70. The van der Waals surface area contributed by atoms with Crippen LogP contribution in [0.4, 0.5) is 0 Å². The van der Waals surface area contributed by atoms with E-state index in [1.807, 2.05) is 0 Å². The summed E-state index contributed by atoms with van der Waals surface area (Å²) in [5.74, 6) is 0. The molecule has 0 aromatic carbocycles. The number of nitrogens with zero attached hydrogens (tertiary/aromatic N) is 1. The van der Waals surface area contributed by atoms with E-state index < -0.39 is 9.28 Å². The fourth-order valence-corrected chi connectivity index (χ4v) is 1.66. The Labute approximate surface area is 67.3 Å². The molecule has 0 aliphatic rings. The Balaban J connectivity index is 3.28. The fourth-order valence-electron chi connectivity index (χ4n) is 0.640. The average molecular weight is 178 g/mol. The maximum Gasteiger partial charge on any atom is 0.384 e. The molecule has 0 aliphatic heterocycles. The highest BCUT2D eigenvalue weighted by molar-refractivity contribution is 6.44. The van der Waals surface area contributed by atoms with Gasteiger partial charge in [-0.1, -0.05) is 0 Å². The van der Waals surface area contributed by atoms with Gasteiger partial charge in [0.15, 0.2) is 0 Å². The first kappa shape index (κ1) is 10.5. The molecule has 0 fully saturated rings. The molecule has 0 unspecified atom stereocenters. The van der Waals surface area contributed by atoms with Gasteiger partial charge >= 0.3 is 9.28 Å². The molecule has 0 aliphatic carbocycles. The zero-order chi connectivity index (χ0) is 8.69. The van der Waals surface area contributed by atoms with E-state index in [1.165, 1.54) is 0 Å². The maximum absolute atomic E-state index is 9.89. The molecule has 0 aromatic rings. The van der Waals surface area contributed by atoms with E-state index in [9.17, 15) is 10.1 Å². The van der Waals surface area contributed by atoms with Crippen LogP contribution in [0.15, 0.2) is 0 Å². The van der Waals surface area contributed by atoms with Crippen molar-refractivity contribution in [3.8, 4) is 0 Å². The summed E-state index contributed by atoms with van der Waals surface area (Å²) in [4.78, 5) is 9.56. The van der Waals surface area contributed by atoms with Gasteiger partial charge in [0.25, 0.3) is 0 Å². The van der Waals surface area contributed by atoms with Crippen molar-refractivity contribution in [2.75, 3.05) is 20.8 Å². The SMILES string of the molecule is CO[Si](CCC[N+](=O)[O-])OC. The van der Waals surface area contributed by atoms with Crippen LogP contribution in [0.2, 0.25) is 6.04 Å². The Morgan fingerprint density at radius 1 is 1.45 bits per heavy atom. The third kappa shape index (κ3) is 5.96. The van der Waals surface area contributed by atoms with E-state index in [0.29, 0.717) is 12.5 Å². The lowest BCUT2D eigenvalue weighted by atomic mass is 10.5. The Bertz CT molecular complexity index is 117. The standard InChI is InChI=1S/C5H12NO4Si/c1-9-11(10-2)5-3-4-6(7)8/h3-5H2,1-2H3. The van der Waals surface area contributed by atoms with Crippen LogP contribution >= 0.6 is 0 Å². The topological polar surface area (TPSA) is 61.6 Å². The minimum Gasteiger partial charge on any atom is -0.397 e. The van der Waals surface area contributed by atoms with Crippen molar-refractivity contribution in [2.24, 2.45) is 0 Å². The molecule has 0 amide bonds. The summed E-state index contributed by atoms with van der Waals surface area (Å²) in [6, 6.07) is 0.665. The molecule has 5 nitrogen and oxygen atoms in total. The van der Waals surface area contributed by atoms with E-state index in [-0.39, 0.29) is 11.5 Å². The number of hydrogen-bond donors (Lipinski definition) is 0. The normalized spacial score (nSPS) is 10.5. The highest BCUT2D eigenvalue weighted by atomic mass is 28.3. The second-order valence-electron chi connectivity index (χ2n) is 1.94. The molecule has 0 bridgehead atoms. The van der Waals surface area contributed by atoms with Crippen molar-refractivity contribution in [3.05, 3.63) is 10.1 Å². The van der Waals surface area contributed by atoms with Gasteiger partial charge in [0, 0.05) is 25.6 Å². The van der Waals surface area contributed by atoms with Gasteiger partial charge in [-0.05, 0) is 6.04 Å². The van der Waals surface area contributed by atoms with E-state index in [2.05, 4.69) is 0 Å². The first-order valence-electron chi connectivity index (χ1n) is 3.26. The molecule has 0 heterocycles. The van der Waals surface area contributed by atoms with Crippen molar-refractivity contribution >= 4 is 9.28 Å². The van der Waals surface area contributed by atoms with Gasteiger partial charge in [0.05, 0.1) is 0 Å². The lowest BCUT2D eigenvalue weighted by Gasteiger charge is -2.06. The van der Waals surface area contributed by atoms with Crippen LogP contribution < -0.4 is 0 Å². The molecule has 0 saturated heterocycles.